The van der Waals surface area contributed by atoms with Gasteiger partial charge in [-0.1, -0.05) is 0 Å². The van der Waals surface area contributed by atoms with Gasteiger partial charge in [-0.25, -0.2) is 4.79 Å². The Morgan fingerprint density at radius 1 is 1.64 bits per heavy atom. The molecule has 1 aliphatic rings. The summed E-state index contributed by atoms with van der Waals surface area (Å²) in [6, 6.07) is 0. The number of hydrogen-bond acceptors (Lipinski definition) is 3. The Kier molecular flexibility index (Phi) is 2.31. The van der Waals surface area contributed by atoms with Gasteiger partial charge in [-0.05, 0) is 0 Å². The molecule has 5 heteroatoms. The lowest BCUT2D eigenvalue weighted by Crippen LogP contribution is -2.28. The second-order valence-corrected chi connectivity index (χ2v) is 2.53. The van der Waals surface area contributed by atoms with Crippen molar-refractivity contribution in [2.45, 2.75) is 12.2 Å². The number of rotatable bonds is 1. The Balaban J connectivity index is 2.49. The van der Waals surface area contributed by atoms with E-state index in [9.17, 15) is 9.90 Å². The van der Waals surface area contributed by atoms with Gasteiger partial charge in [-0.2, -0.15) is 0 Å². The fourth-order valence-corrected chi connectivity index (χ4v) is 1.14. The molecule has 1 fully saturated rings. The van der Waals surface area contributed by atoms with Crippen molar-refractivity contribution in [3.8, 4) is 0 Å². The fourth-order valence-electron chi connectivity index (χ4n) is 1.14. The van der Waals surface area contributed by atoms with E-state index in [-0.39, 0.29) is 19.2 Å². The Morgan fingerprint density at radius 3 is 2.55 bits per heavy atom. The number of aliphatic hydroxyl groups is 1. The molecule has 2 N–H and O–H groups in total. The molecule has 0 aliphatic carbocycles. The number of hydrogen-bond donors (Lipinski definition) is 2. The molecular weight excluding hydrogens is 150 g/mol. The van der Waals surface area contributed by atoms with Crippen LogP contribution in [0.25, 0.3) is 0 Å². The minimum absolute atomic E-state index is 0.147. The summed E-state index contributed by atoms with van der Waals surface area (Å²) < 4.78 is 4.85. The summed E-state index contributed by atoms with van der Waals surface area (Å²) in [6.45, 7) is 0.404. The van der Waals surface area contributed by atoms with E-state index in [1.165, 1.54) is 7.11 Å². The summed E-state index contributed by atoms with van der Waals surface area (Å²) in [4.78, 5) is 11.5. The lowest BCUT2D eigenvalue weighted by atomic mass is 10.3. The van der Waals surface area contributed by atoms with Gasteiger partial charge in [0.05, 0.1) is 19.2 Å². The standard InChI is InChI=1S/C6H11NO4/c1-11-5-3-7(6(9)10)2-4(5)8/h4-5,8H,2-3H2,1H3,(H,9,10)/t4-,5+/m1/s1. The second kappa shape index (κ2) is 3.06. The van der Waals surface area contributed by atoms with Gasteiger partial charge in [0.2, 0.25) is 0 Å². The van der Waals surface area contributed by atoms with Crippen LogP contribution in [0.4, 0.5) is 4.79 Å². The van der Waals surface area contributed by atoms with E-state index in [1.54, 1.807) is 0 Å². The molecule has 0 spiro atoms. The van der Waals surface area contributed by atoms with E-state index >= 15 is 0 Å². The molecule has 1 rings (SSSR count). The van der Waals surface area contributed by atoms with Gasteiger partial charge in [0.25, 0.3) is 0 Å². The van der Waals surface area contributed by atoms with E-state index in [4.69, 9.17) is 9.84 Å². The van der Waals surface area contributed by atoms with Gasteiger partial charge in [-0.15, -0.1) is 0 Å². The normalized spacial score (nSPS) is 30.9. The largest absolute Gasteiger partial charge is 0.465 e. The monoisotopic (exact) mass is 161 g/mol. The maximum absolute atomic E-state index is 10.4. The zero-order valence-corrected chi connectivity index (χ0v) is 6.23. The smallest absolute Gasteiger partial charge is 0.407 e. The van der Waals surface area contributed by atoms with Crippen LogP contribution in [0.15, 0.2) is 0 Å². The summed E-state index contributed by atoms with van der Waals surface area (Å²) >= 11 is 0. The number of nitrogens with zero attached hydrogens (tertiary/aromatic N) is 1. The van der Waals surface area contributed by atoms with Crippen molar-refractivity contribution in [1.82, 2.24) is 4.90 Å². The van der Waals surface area contributed by atoms with Gasteiger partial charge in [0.15, 0.2) is 0 Å². The molecular formula is C6H11NO4. The van der Waals surface area contributed by atoms with Gasteiger partial charge < -0.3 is 19.8 Å². The zero-order valence-electron chi connectivity index (χ0n) is 6.23. The molecule has 1 saturated heterocycles. The number of amides is 1. The lowest BCUT2D eigenvalue weighted by Gasteiger charge is -2.10. The molecule has 1 heterocycles. The predicted octanol–water partition coefficient (Wildman–Crippen LogP) is -0.644. The molecule has 0 saturated carbocycles. The van der Waals surface area contributed by atoms with Crippen molar-refractivity contribution < 1.29 is 19.7 Å². The summed E-state index contributed by atoms with van der Waals surface area (Å²) in [7, 11) is 1.46. The minimum Gasteiger partial charge on any atom is -0.465 e. The van der Waals surface area contributed by atoms with Crippen LogP contribution in [-0.2, 0) is 4.74 Å². The van der Waals surface area contributed by atoms with Gasteiger partial charge >= 0.3 is 6.09 Å². The van der Waals surface area contributed by atoms with E-state index < -0.39 is 12.2 Å². The molecule has 0 radical (unpaired) electrons. The quantitative estimate of drug-likeness (QED) is 0.536. The van der Waals surface area contributed by atoms with E-state index in [0.717, 1.165) is 4.90 Å². The zero-order chi connectivity index (χ0) is 8.43. The predicted molar refractivity (Wildman–Crippen MR) is 36.4 cm³/mol. The van der Waals surface area contributed by atoms with Gasteiger partial charge in [0, 0.05) is 7.11 Å². The Labute approximate surface area is 64.2 Å². The molecule has 0 unspecified atom stereocenters. The van der Waals surface area contributed by atoms with Gasteiger partial charge in [0.1, 0.15) is 6.10 Å². The summed E-state index contributed by atoms with van der Waals surface area (Å²) in [5, 5.41) is 17.7. The number of carboxylic acid groups (broad SMARTS) is 1. The summed E-state index contributed by atoms with van der Waals surface area (Å²) in [5.41, 5.74) is 0. The van der Waals surface area contributed by atoms with Crippen molar-refractivity contribution >= 4 is 6.09 Å². The highest BCUT2D eigenvalue weighted by atomic mass is 16.5. The average Bonchev–Trinajstić information content (AvgIpc) is 2.31. The fraction of sp³-hybridized carbons (Fsp3) is 0.833. The highest BCUT2D eigenvalue weighted by Crippen LogP contribution is 2.12. The third-order valence-corrected chi connectivity index (χ3v) is 1.81. The molecule has 0 aromatic rings. The Morgan fingerprint density at radius 2 is 2.27 bits per heavy atom. The topological polar surface area (TPSA) is 70.0 Å². The first-order valence-electron chi connectivity index (χ1n) is 3.34. The first-order chi connectivity index (χ1) is 5.15. The maximum atomic E-state index is 10.4. The molecule has 1 aliphatic heterocycles. The molecule has 1 amide bonds. The van der Waals surface area contributed by atoms with Crippen LogP contribution in [0.3, 0.4) is 0 Å². The van der Waals surface area contributed by atoms with Gasteiger partial charge in [-0.3, -0.25) is 0 Å². The van der Waals surface area contributed by atoms with E-state index in [1.807, 2.05) is 0 Å². The molecule has 0 aromatic heterocycles. The van der Waals surface area contributed by atoms with Crippen molar-refractivity contribution in [1.29, 1.82) is 0 Å². The van der Waals surface area contributed by atoms with Crippen molar-refractivity contribution in [2.24, 2.45) is 0 Å². The third kappa shape index (κ3) is 1.61. The Hall–Kier alpha value is -0.810. The number of aliphatic hydroxyl groups excluding tert-OH is 1. The molecule has 2 atom stereocenters. The van der Waals surface area contributed by atoms with Crippen molar-refractivity contribution in [3.63, 3.8) is 0 Å². The second-order valence-electron chi connectivity index (χ2n) is 2.53. The van der Waals surface area contributed by atoms with Crippen molar-refractivity contribution in [2.75, 3.05) is 20.2 Å². The molecule has 64 valence electrons. The summed E-state index contributed by atoms with van der Waals surface area (Å²) in [6.07, 6.45) is -2.06. The first kappa shape index (κ1) is 8.29. The van der Waals surface area contributed by atoms with Crippen LogP contribution >= 0.6 is 0 Å². The number of likely N-dealkylation sites (tertiary alicyclic amines) is 1. The van der Waals surface area contributed by atoms with Crippen LogP contribution < -0.4 is 0 Å². The molecule has 0 aromatic carbocycles. The highest BCUT2D eigenvalue weighted by molar-refractivity contribution is 5.65. The maximum Gasteiger partial charge on any atom is 0.407 e. The van der Waals surface area contributed by atoms with E-state index in [0.29, 0.717) is 0 Å². The van der Waals surface area contributed by atoms with Crippen molar-refractivity contribution in [3.05, 3.63) is 0 Å². The van der Waals surface area contributed by atoms with Crippen LogP contribution in [0, 0.1) is 0 Å². The third-order valence-electron chi connectivity index (χ3n) is 1.81. The Bertz CT molecular complexity index is 161. The van der Waals surface area contributed by atoms with Crippen LogP contribution in [0.2, 0.25) is 0 Å². The highest BCUT2D eigenvalue weighted by Gasteiger charge is 2.33. The molecule has 0 bridgehead atoms. The first-order valence-corrected chi connectivity index (χ1v) is 3.34. The van der Waals surface area contributed by atoms with E-state index in [2.05, 4.69) is 0 Å². The molecule has 5 nitrogen and oxygen atoms in total. The lowest BCUT2D eigenvalue weighted by molar-refractivity contribution is 0.0215. The summed E-state index contributed by atoms with van der Waals surface area (Å²) in [5.74, 6) is 0. The van der Waals surface area contributed by atoms with Crippen LogP contribution in [0.1, 0.15) is 0 Å². The minimum atomic E-state index is -1.01. The van der Waals surface area contributed by atoms with Crippen LogP contribution in [-0.4, -0.2) is 53.6 Å². The number of β-amino-alcohol motifs (C(OH)–C–C–N with tert-alkyl or cyclic N) is 1. The molecule has 11 heavy (non-hydrogen) atoms. The number of ether oxygens (including phenoxy) is 1. The average molecular weight is 161 g/mol. The number of carbonyl (C=O) groups is 1. The number of methoxy groups -OCH3 is 1. The SMILES string of the molecule is CO[C@H]1CN(C(=O)O)C[C@H]1O. The van der Waals surface area contributed by atoms with Crippen LogP contribution in [0.5, 0.6) is 0 Å².